The number of hydrogen-bond acceptors (Lipinski definition) is 4. The van der Waals surface area contributed by atoms with Gasteiger partial charge in [0, 0.05) is 20.3 Å². The minimum absolute atomic E-state index is 0.0324. The van der Waals surface area contributed by atoms with E-state index in [0.29, 0.717) is 0 Å². The molecule has 0 saturated carbocycles. The fourth-order valence-corrected chi connectivity index (χ4v) is 4.32. The normalized spacial score (nSPS) is 12.0. The summed E-state index contributed by atoms with van der Waals surface area (Å²) in [6.07, 6.45) is 1.87. The minimum atomic E-state index is -0.851. The summed E-state index contributed by atoms with van der Waals surface area (Å²) in [6.45, 7) is 0. The highest BCUT2D eigenvalue weighted by Gasteiger charge is 2.13. The molecule has 1 N–H and O–H groups in total. The summed E-state index contributed by atoms with van der Waals surface area (Å²) in [4.78, 5) is 16.7. The fraction of sp³-hybridized carbons (Fsp3) is 0.0667. The van der Waals surface area contributed by atoms with Crippen LogP contribution in [-0.2, 0) is 4.79 Å². The van der Waals surface area contributed by atoms with E-state index in [1.807, 2.05) is 41.8 Å². The number of fused-ring (bicyclic) bond motifs is 1. The van der Waals surface area contributed by atoms with E-state index in [9.17, 15) is 4.79 Å². The highest BCUT2D eigenvalue weighted by Crippen LogP contribution is 2.32. The lowest BCUT2D eigenvalue weighted by Crippen LogP contribution is -1.96. The van der Waals surface area contributed by atoms with Gasteiger partial charge < -0.3 is 5.11 Å². The van der Waals surface area contributed by atoms with Gasteiger partial charge in [0.15, 0.2) is 0 Å². The highest BCUT2D eigenvalue weighted by atomic mass is 79.9. The molecule has 2 heterocycles. The number of hydrogen-bond donors (Lipinski definition) is 1. The third-order valence-corrected chi connectivity index (χ3v) is 5.57. The second-order valence-electron chi connectivity index (χ2n) is 4.39. The predicted molar refractivity (Wildman–Crippen MR) is 91.8 cm³/mol. The highest BCUT2D eigenvalue weighted by molar-refractivity contribution is 9.10. The molecule has 0 unspecified atom stereocenters. The van der Waals surface area contributed by atoms with E-state index in [4.69, 9.17) is 5.11 Å². The number of thiophene rings is 1. The Morgan fingerprint density at radius 3 is 2.86 bits per heavy atom. The maximum Gasteiger partial charge on any atom is 0.307 e. The molecule has 0 atom stereocenters. The number of halogens is 1. The Labute approximate surface area is 137 Å². The van der Waals surface area contributed by atoms with Crippen molar-refractivity contribution >= 4 is 66.4 Å². The molecule has 21 heavy (non-hydrogen) atoms. The molecule has 0 aliphatic carbocycles. The molecule has 0 aliphatic heterocycles. The SMILES string of the molecule is O=C(O)C/C(=C/c1cc(Br)cs1)c1nc2ccccc2s1. The van der Waals surface area contributed by atoms with Crippen molar-refractivity contribution in [2.75, 3.05) is 0 Å². The van der Waals surface area contributed by atoms with E-state index in [2.05, 4.69) is 20.9 Å². The molecule has 0 spiro atoms. The molecule has 2 aromatic heterocycles. The molecular weight excluding hydrogens is 370 g/mol. The first-order chi connectivity index (χ1) is 10.1. The molecule has 0 fully saturated rings. The third kappa shape index (κ3) is 3.40. The van der Waals surface area contributed by atoms with Crippen molar-refractivity contribution in [2.24, 2.45) is 0 Å². The Kier molecular flexibility index (Phi) is 4.19. The molecule has 3 rings (SSSR count). The van der Waals surface area contributed by atoms with Crippen LogP contribution in [0.1, 0.15) is 16.3 Å². The van der Waals surface area contributed by atoms with Crippen molar-refractivity contribution in [1.82, 2.24) is 4.98 Å². The van der Waals surface area contributed by atoms with Crippen LogP contribution in [-0.4, -0.2) is 16.1 Å². The van der Waals surface area contributed by atoms with Crippen LogP contribution < -0.4 is 0 Å². The number of carboxylic acid groups (broad SMARTS) is 1. The number of thiazole rings is 1. The van der Waals surface area contributed by atoms with Gasteiger partial charge in [0.25, 0.3) is 0 Å². The number of nitrogens with zero attached hydrogens (tertiary/aromatic N) is 1. The van der Waals surface area contributed by atoms with Crippen LogP contribution in [0, 0.1) is 0 Å². The average molecular weight is 380 g/mol. The molecule has 0 radical (unpaired) electrons. The van der Waals surface area contributed by atoms with Gasteiger partial charge in [-0.2, -0.15) is 0 Å². The Bertz CT molecular complexity index is 802. The largest absolute Gasteiger partial charge is 0.481 e. The van der Waals surface area contributed by atoms with Crippen LogP contribution in [0.4, 0.5) is 0 Å². The topological polar surface area (TPSA) is 50.2 Å². The van der Waals surface area contributed by atoms with E-state index in [1.54, 1.807) is 11.3 Å². The van der Waals surface area contributed by atoms with E-state index in [-0.39, 0.29) is 6.42 Å². The second-order valence-corrected chi connectivity index (χ2v) is 7.28. The summed E-state index contributed by atoms with van der Waals surface area (Å²) in [5, 5.41) is 11.9. The quantitative estimate of drug-likeness (QED) is 0.682. The number of rotatable bonds is 4. The van der Waals surface area contributed by atoms with Crippen LogP contribution in [0.3, 0.4) is 0 Å². The zero-order chi connectivity index (χ0) is 14.8. The standard InChI is InChI=1S/C15H10BrNO2S2/c16-10-7-11(20-8-10)5-9(6-14(18)19)15-17-12-3-1-2-4-13(12)21-15/h1-5,7-8H,6H2,(H,18,19)/b9-5-. The van der Waals surface area contributed by atoms with Gasteiger partial charge in [-0.1, -0.05) is 12.1 Å². The smallest absolute Gasteiger partial charge is 0.307 e. The second kappa shape index (κ2) is 6.09. The molecule has 0 aliphatic rings. The van der Waals surface area contributed by atoms with Crippen LogP contribution in [0.25, 0.3) is 21.9 Å². The lowest BCUT2D eigenvalue weighted by atomic mass is 10.1. The van der Waals surface area contributed by atoms with Gasteiger partial charge >= 0.3 is 5.97 Å². The van der Waals surface area contributed by atoms with E-state index in [1.165, 1.54) is 11.3 Å². The van der Waals surface area contributed by atoms with E-state index >= 15 is 0 Å². The number of carbonyl (C=O) groups is 1. The number of carboxylic acids is 1. The lowest BCUT2D eigenvalue weighted by Gasteiger charge is -1.99. The van der Waals surface area contributed by atoms with Gasteiger partial charge in [-0.15, -0.1) is 22.7 Å². The number of para-hydroxylation sites is 1. The summed E-state index contributed by atoms with van der Waals surface area (Å²) >= 11 is 6.50. The van der Waals surface area contributed by atoms with E-state index < -0.39 is 5.97 Å². The summed E-state index contributed by atoms with van der Waals surface area (Å²) in [5.74, 6) is -0.851. The van der Waals surface area contributed by atoms with Gasteiger partial charge in [0.1, 0.15) is 5.01 Å². The molecule has 0 bridgehead atoms. The first kappa shape index (κ1) is 14.4. The van der Waals surface area contributed by atoms with Gasteiger partial charge in [-0.05, 0) is 40.2 Å². The summed E-state index contributed by atoms with van der Waals surface area (Å²) in [5.41, 5.74) is 1.64. The van der Waals surface area contributed by atoms with Gasteiger partial charge in [0.05, 0.1) is 16.6 Å². The van der Waals surface area contributed by atoms with Gasteiger partial charge in [0.2, 0.25) is 0 Å². The molecule has 0 amide bonds. The first-order valence-corrected chi connectivity index (χ1v) is 8.63. The Hall–Kier alpha value is -1.50. The van der Waals surface area contributed by atoms with Crippen molar-refractivity contribution < 1.29 is 9.90 Å². The minimum Gasteiger partial charge on any atom is -0.481 e. The molecule has 106 valence electrons. The van der Waals surface area contributed by atoms with Gasteiger partial charge in [-0.3, -0.25) is 4.79 Å². The molecular formula is C15H10BrNO2S2. The Morgan fingerprint density at radius 1 is 1.38 bits per heavy atom. The summed E-state index contributed by atoms with van der Waals surface area (Å²) in [7, 11) is 0. The third-order valence-electron chi connectivity index (χ3n) is 2.81. The van der Waals surface area contributed by atoms with Crippen molar-refractivity contribution in [1.29, 1.82) is 0 Å². The zero-order valence-corrected chi connectivity index (χ0v) is 14.0. The Balaban J connectivity index is 2.06. The molecule has 6 heteroatoms. The fourth-order valence-electron chi connectivity index (χ4n) is 1.94. The summed E-state index contributed by atoms with van der Waals surface area (Å²) in [6, 6.07) is 9.80. The van der Waals surface area contributed by atoms with Crippen molar-refractivity contribution in [2.45, 2.75) is 6.42 Å². The maximum atomic E-state index is 11.1. The molecule has 3 aromatic rings. The van der Waals surface area contributed by atoms with Crippen LogP contribution in [0.2, 0.25) is 0 Å². The molecule has 3 nitrogen and oxygen atoms in total. The van der Waals surface area contributed by atoms with Gasteiger partial charge in [-0.25, -0.2) is 4.98 Å². The van der Waals surface area contributed by atoms with Crippen molar-refractivity contribution in [3.63, 3.8) is 0 Å². The molecule has 1 aromatic carbocycles. The zero-order valence-electron chi connectivity index (χ0n) is 10.7. The van der Waals surface area contributed by atoms with Crippen molar-refractivity contribution in [3.8, 4) is 0 Å². The lowest BCUT2D eigenvalue weighted by molar-refractivity contribution is -0.135. The summed E-state index contributed by atoms with van der Waals surface area (Å²) < 4.78 is 2.06. The predicted octanol–water partition coefficient (Wildman–Crippen LogP) is 5.14. The maximum absolute atomic E-state index is 11.1. The monoisotopic (exact) mass is 379 g/mol. The van der Waals surface area contributed by atoms with Crippen LogP contribution in [0.15, 0.2) is 40.2 Å². The van der Waals surface area contributed by atoms with E-state index in [0.717, 1.165) is 30.1 Å². The molecule has 0 saturated heterocycles. The number of aromatic nitrogens is 1. The Morgan fingerprint density at radius 2 is 2.19 bits per heavy atom. The number of aliphatic carboxylic acids is 1. The van der Waals surface area contributed by atoms with Crippen LogP contribution in [0.5, 0.6) is 0 Å². The van der Waals surface area contributed by atoms with Crippen molar-refractivity contribution in [3.05, 3.63) is 50.1 Å². The average Bonchev–Trinajstić information content (AvgIpc) is 3.03. The van der Waals surface area contributed by atoms with Crippen LogP contribution >= 0.6 is 38.6 Å². The number of benzene rings is 1. The first-order valence-electron chi connectivity index (χ1n) is 6.14.